The molecule has 10 heteroatoms. The number of carboxylic acids is 1. The standard InChI is InChI=1S/C9H14N6O4/c1-15-4-12-14-7(15)3-11-9(19)13-5(8(17)18)2-6(10)16/h4-5H,2-3H2,1H3,(H2,10,16)(H,17,18)(H2,11,13,19)/t5-/m1/s1. The molecule has 1 atom stereocenters. The highest BCUT2D eigenvalue weighted by Crippen LogP contribution is 1.93. The number of nitrogens with zero attached hydrogens (tertiary/aromatic N) is 3. The summed E-state index contributed by atoms with van der Waals surface area (Å²) in [5.41, 5.74) is 4.88. The molecule has 3 amide bonds. The summed E-state index contributed by atoms with van der Waals surface area (Å²) in [5, 5.41) is 20.7. The summed E-state index contributed by atoms with van der Waals surface area (Å²) in [6.45, 7) is 0.0746. The lowest BCUT2D eigenvalue weighted by Crippen LogP contribution is -2.47. The van der Waals surface area contributed by atoms with Crippen LogP contribution in [0.15, 0.2) is 6.33 Å². The van der Waals surface area contributed by atoms with Crippen LogP contribution in [0, 0.1) is 0 Å². The number of rotatable bonds is 6. The third-order valence-electron chi connectivity index (χ3n) is 2.22. The molecule has 5 N–H and O–H groups in total. The molecule has 1 aromatic rings. The van der Waals surface area contributed by atoms with Gasteiger partial charge in [0.2, 0.25) is 5.91 Å². The lowest BCUT2D eigenvalue weighted by molar-refractivity contribution is -0.140. The van der Waals surface area contributed by atoms with Crippen molar-refractivity contribution < 1.29 is 19.5 Å². The Hall–Kier alpha value is -2.65. The van der Waals surface area contributed by atoms with E-state index < -0.39 is 30.4 Å². The van der Waals surface area contributed by atoms with Gasteiger partial charge in [-0.25, -0.2) is 9.59 Å². The van der Waals surface area contributed by atoms with Crippen LogP contribution in [0.2, 0.25) is 0 Å². The molecule has 10 nitrogen and oxygen atoms in total. The minimum absolute atomic E-state index is 0.0746. The van der Waals surface area contributed by atoms with E-state index in [2.05, 4.69) is 20.8 Å². The fraction of sp³-hybridized carbons (Fsp3) is 0.444. The normalized spacial score (nSPS) is 11.6. The Labute approximate surface area is 108 Å². The predicted octanol–water partition coefficient (Wildman–Crippen LogP) is -2.06. The molecular weight excluding hydrogens is 256 g/mol. The fourth-order valence-corrected chi connectivity index (χ4v) is 1.24. The molecule has 0 bridgehead atoms. The van der Waals surface area contributed by atoms with E-state index >= 15 is 0 Å². The van der Waals surface area contributed by atoms with Crippen molar-refractivity contribution in [2.45, 2.75) is 19.0 Å². The maximum absolute atomic E-state index is 11.5. The SMILES string of the molecule is Cn1cnnc1CNC(=O)N[C@H](CC(N)=O)C(=O)O. The Morgan fingerprint density at radius 3 is 2.68 bits per heavy atom. The average Bonchev–Trinajstić information content (AvgIpc) is 2.70. The quantitative estimate of drug-likeness (QED) is 0.466. The second-order valence-electron chi connectivity index (χ2n) is 3.75. The van der Waals surface area contributed by atoms with Gasteiger partial charge in [-0.05, 0) is 0 Å². The molecule has 0 radical (unpaired) electrons. The lowest BCUT2D eigenvalue weighted by atomic mass is 10.2. The van der Waals surface area contributed by atoms with Crippen molar-refractivity contribution in [2.75, 3.05) is 0 Å². The van der Waals surface area contributed by atoms with E-state index in [4.69, 9.17) is 10.8 Å². The van der Waals surface area contributed by atoms with Gasteiger partial charge in [0.15, 0.2) is 5.82 Å². The Kier molecular flexibility index (Phi) is 4.80. The van der Waals surface area contributed by atoms with Crippen LogP contribution in [0.25, 0.3) is 0 Å². The average molecular weight is 270 g/mol. The van der Waals surface area contributed by atoms with Crippen LogP contribution in [0.3, 0.4) is 0 Å². The summed E-state index contributed by atoms with van der Waals surface area (Å²) in [6.07, 6.45) is 0.981. The molecule has 0 aliphatic carbocycles. The van der Waals surface area contributed by atoms with Crippen molar-refractivity contribution in [3.63, 3.8) is 0 Å². The van der Waals surface area contributed by atoms with E-state index in [1.165, 1.54) is 6.33 Å². The van der Waals surface area contributed by atoms with Gasteiger partial charge in [0.05, 0.1) is 13.0 Å². The van der Waals surface area contributed by atoms with Gasteiger partial charge in [-0.15, -0.1) is 10.2 Å². The first-order valence-electron chi connectivity index (χ1n) is 5.28. The van der Waals surface area contributed by atoms with Gasteiger partial charge < -0.3 is 26.0 Å². The molecule has 104 valence electrons. The second kappa shape index (κ2) is 6.33. The summed E-state index contributed by atoms with van der Waals surface area (Å²) < 4.78 is 1.60. The number of primary amides is 1. The van der Waals surface area contributed by atoms with Gasteiger partial charge in [0, 0.05) is 7.05 Å². The molecule has 1 rings (SSSR count). The smallest absolute Gasteiger partial charge is 0.326 e. The number of amides is 3. The molecule has 0 spiro atoms. The number of nitrogens with one attached hydrogen (secondary N) is 2. The van der Waals surface area contributed by atoms with Crippen LogP contribution in [0.1, 0.15) is 12.2 Å². The molecule has 0 saturated heterocycles. The number of aliphatic carboxylic acids is 1. The first-order chi connectivity index (χ1) is 8.90. The molecule has 0 saturated carbocycles. The van der Waals surface area contributed by atoms with Crippen molar-refractivity contribution in [2.24, 2.45) is 12.8 Å². The minimum Gasteiger partial charge on any atom is -0.480 e. The number of nitrogens with two attached hydrogens (primary N) is 1. The summed E-state index contributed by atoms with van der Waals surface area (Å²) in [5.74, 6) is -1.66. The summed E-state index contributed by atoms with van der Waals surface area (Å²) in [7, 11) is 1.70. The van der Waals surface area contributed by atoms with Crippen molar-refractivity contribution in [3.8, 4) is 0 Å². The number of carbonyl (C=O) groups is 3. The van der Waals surface area contributed by atoms with Crippen LogP contribution in [0.5, 0.6) is 0 Å². The second-order valence-corrected chi connectivity index (χ2v) is 3.75. The summed E-state index contributed by atoms with van der Waals surface area (Å²) in [6, 6.07) is -2.10. The van der Waals surface area contributed by atoms with Crippen molar-refractivity contribution in [3.05, 3.63) is 12.2 Å². The number of aryl methyl sites for hydroxylation is 1. The number of hydrogen-bond donors (Lipinski definition) is 4. The van der Waals surface area contributed by atoms with Crippen molar-refractivity contribution in [1.29, 1.82) is 0 Å². The fourth-order valence-electron chi connectivity index (χ4n) is 1.24. The Balaban J connectivity index is 2.47. The number of carbonyl (C=O) groups excluding carboxylic acids is 2. The number of urea groups is 1. The van der Waals surface area contributed by atoms with Gasteiger partial charge in [-0.3, -0.25) is 4.79 Å². The third kappa shape index (κ3) is 4.61. The summed E-state index contributed by atoms with van der Waals surface area (Å²) >= 11 is 0. The van der Waals surface area contributed by atoms with Crippen molar-refractivity contribution >= 4 is 17.9 Å². The van der Waals surface area contributed by atoms with E-state index in [0.29, 0.717) is 5.82 Å². The Morgan fingerprint density at radius 1 is 1.53 bits per heavy atom. The molecule has 0 unspecified atom stereocenters. The molecule has 0 fully saturated rings. The van der Waals surface area contributed by atoms with Gasteiger partial charge in [-0.2, -0.15) is 0 Å². The zero-order valence-corrected chi connectivity index (χ0v) is 10.2. The van der Waals surface area contributed by atoms with Crippen LogP contribution in [0.4, 0.5) is 4.79 Å². The van der Waals surface area contributed by atoms with Gasteiger partial charge in [-0.1, -0.05) is 0 Å². The maximum Gasteiger partial charge on any atom is 0.326 e. The number of aromatic nitrogens is 3. The maximum atomic E-state index is 11.5. The molecule has 1 heterocycles. The van der Waals surface area contributed by atoms with E-state index in [1.807, 2.05) is 0 Å². The molecule has 1 aromatic heterocycles. The Bertz CT molecular complexity index is 485. The predicted molar refractivity (Wildman–Crippen MR) is 61.6 cm³/mol. The van der Waals surface area contributed by atoms with Crippen LogP contribution in [-0.4, -0.2) is 43.8 Å². The van der Waals surface area contributed by atoms with Crippen LogP contribution in [-0.2, 0) is 23.2 Å². The first-order valence-corrected chi connectivity index (χ1v) is 5.28. The number of carboxylic acid groups (broad SMARTS) is 1. The van der Waals surface area contributed by atoms with Gasteiger partial charge in [0.1, 0.15) is 12.4 Å². The molecule has 0 aromatic carbocycles. The van der Waals surface area contributed by atoms with E-state index in [-0.39, 0.29) is 6.54 Å². The third-order valence-corrected chi connectivity index (χ3v) is 2.22. The zero-order valence-electron chi connectivity index (χ0n) is 10.2. The van der Waals surface area contributed by atoms with Crippen molar-refractivity contribution in [1.82, 2.24) is 25.4 Å². The monoisotopic (exact) mass is 270 g/mol. The summed E-state index contributed by atoms with van der Waals surface area (Å²) in [4.78, 5) is 32.9. The molecule has 0 aliphatic heterocycles. The highest BCUT2D eigenvalue weighted by molar-refractivity contribution is 5.87. The van der Waals surface area contributed by atoms with E-state index in [1.54, 1.807) is 11.6 Å². The van der Waals surface area contributed by atoms with Crippen LogP contribution >= 0.6 is 0 Å². The van der Waals surface area contributed by atoms with Crippen LogP contribution < -0.4 is 16.4 Å². The minimum atomic E-state index is -1.36. The molecule has 0 aliphatic rings. The molecular formula is C9H14N6O4. The molecule has 19 heavy (non-hydrogen) atoms. The zero-order chi connectivity index (χ0) is 14.4. The topological polar surface area (TPSA) is 152 Å². The lowest BCUT2D eigenvalue weighted by Gasteiger charge is -2.13. The van der Waals surface area contributed by atoms with E-state index in [9.17, 15) is 14.4 Å². The largest absolute Gasteiger partial charge is 0.480 e. The van der Waals surface area contributed by atoms with Gasteiger partial charge in [0.25, 0.3) is 0 Å². The number of hydrogen-bond acceptors (Lipinski definition) is 5. The van der Waals surface area contributed by atoms with E-state index in [0.717, 1.165) is 0 Å². The Morgan fingerprint density at radius 2 is 2.21 bits per heavy atom. The highest BCUT2D eigenvalue weighted by Gasteiger charge is 2.22. The first kappa shape index (κ1) is 14.4. The van der Waals surface area contributed by atoms with Gasteiger partial charge >= 0.3 is 12.0 Å². The highest BCUT2D eigenvalue weighted by atomic mass is 16.4.